The van der Waals surface area contributed by atoms with E-state index in [-0.39, 0.29) is 0 Å². The Labute approximate surface area is 77.1 Å². The quantitative estimate of drug-likeness (QED) is 0.390. The molecule has 1 saturated carbocycles. The van der Waals surface area contributed by atoms with Gasteiger partial charge in [0.25, 0.3) is 0 Å². The van der Waals surface area contributed by atoms with Crippen LogP contribution >= 0.6 is 0 Å². The molecule has 0 aromatic heterocycles. The lowest BCUT2D eigenvalue weighted by Crippen LogP contribution is -1.84. The Kier molecular flexibility index (Phi) is 4.42. The summed E-state index contributed by atoms with van der Waals surface area (Å²) in [6, 6.07) is 0. The first-order valence-corrected chi connectivity index (χ1v) is 5.52. The average molecular weight is 166 g/mol. The van der Waals surface area contributed by atoms with Gasteiger partial charge in [0.15, 0.2) is 0 Å². The summed E-state index contributed by atoms with van der Waals surface area (Å²) in [6.07, 6.45) is 11.1. The summed E-state index contributed by atoms with van der Waals surface area (Å²) >= 11 is 0. The maximum Gasteiger partial charge on any atom is -0.0205 e. The van der Waals surface area contributed by atoms with Crippen molar-refractivity contribution in [2.45, 2.75) is 58.3 Å². The summed E-state index contributed by atoms with van der Waals surface area (Å²) in [5.74, 6) is 0.927. The van der Waals surface area contributed by atoms with Crippen molar-refractivity contribution in [3.8, 4) is 0 Å². The largest absolute Gasteiger partial charge is 0.0996 e. The molecule has 0 heterocycles. The van der Waals surface area contributed by atoms with Crippen LogP contribution in [0, 0.1) is 5.92 Å². The highest BCUT2D eigenvalue weighted by atomic mass is 14.3. The van der Waals surface area contributed by atoms with Crippen LogP contribution < -0.4 is 0 Å². The van der Waals surface area contributed by atoms with Crippen LogP contribution in [0.1, 0.15) is 58.3 Å². The van der Waals surface area contributed by atoms with Gasteiger partial charge in [0, 0.05) is 0 Å². The van der Waals surface area contributed by atoms with Crippen LogP contribution in [0.2, 0.25) is 0 Å². The zero-order chi connectivity index (χ0) is 8.81. The van der Waals surface area contributed by atoms with Crippen molar-refractivity contribution in [2.75, 3.05) is 0 Å². The SMILES string of the molecule is C=C(CCCCCCC)C1CC1. The lowest BCUT2D eigenvalue weighted by molar-refractivity contribution is 0.623. The van der Waals surface area contributed by atoms with Gasteiger partial charge in [0.05, 0.1) is 0 Å². The topological polar surface area (TPSA) is 0 Å². The minimum absolute atomic E-state index is 0.927. The summed E-state index contributed by atoms with van der Waals surface area (Å²) in [7, 11) is 0. The average Bonchev–Trinajstić information content (AvgIpc) is 2.86. The number of allylic oxidation sites excluding steroid dienone is 1. The van der Waals surface area contributed by atoms with Crippen molar-refractivity contribution in [3.05, 3.63) is 12.2 Å². The summed E-state index contributed by atoms with van der Waals surface area (Å²) in [5.41, 5.74) is 1.53. The third-order valence-electron chi connectivity index (χ3n) is 2.76. The van der Waals surface area contributed by atoms with E-state index in [0.29, 0.717) is 0 Å². The van der Waals surface area contributed by atoms with E-state index in [1.54, 1.807) is 0 Å². The summed E-state index contributed by atoms with van der Waals surface area (Å²) < 4.78 is 0. The molecule has 1 fully saturated rings. The molecule has 0 heteroatoms. The second-order valence-electron chi connectivity index (χ2n) is 4.10. The van der Waals surface area contributed by atoms with E-state index in [9.17, 15) is 0 Å². The highest BCUT2D eigenvalue weighted by Gasteiger charge is 2.23. The zero-order valence-electron chi connectivity index (χ0n) is 8.44. The summed E-state index contributed by atoms with van der Waals surface area (Å²) in [5, 5.41) is 0. The number of hydrogen-bond donors (Lipinski definition) is 0. The Hall–Kier alpha value is -0.260. The maximum absolute atomic E-state index is 4.13. The van der Waals surface area contributed by atoms with E-state index < -0.39 is 0 Å². The predicted molar refractivity (Wildman–Crippen MR) is 55.2 cm³/mol. The molecule has 0 unspecified atom stereocenters. The molecule has 0 aliphatic heterocycles. The molecule has 12 heavy (non-hydrogen) atoms. The van der Waals surface area contributed by atoms with E-state index >= 15 is 0 Å². The zero-order valence-corrected chi connectivity index (χ0v) is 8.44. The molecule has 0 bridgehead atoms. The van der Waals surface area contributed by atoms with Gasteiger partial charge in [-0.15, -0.1) is 0 Å². The minimum atomic E-state index is 0.927. The van der Waals surface area contributed by atoms with Gasteiger partial charge in [-0.3, -0.25) is 0 Å². The first-order chi connectivity index (χ1) is 5.84. The highest BCUT2D eigenvalue weighted by Crippen LogP contribution is 2.37. The molecule has 0 spiro atoms. The molecule has 0 aromatic rings. The highest BCUT2D eigenvalue weighted by molar-refractivity contribution is 5.06. The smallest absolute Gasteiger partial charge is 0.0205 e. The Morgan fingerprint density at radius 1 is 1.17 bits per heavy atom. The van der Waals surface area contributed by atoms with E-state index in [1.165, 1.54) is 56.9 Å². The van der Waals surface area contributed by atoms with Crippen LogP contribution in [-0.2, 0) is 0 Å². The standard InChI is InChI=1S/C12H22/c1-3-4-5-6-7-8-11(2)12-9-10-12/h12H,2-10H2,1H3. The molecule has 1 rings (SSSR count). The molecule has 1 aliphatic rings. The minimum Gasteiger partial charge on any atom is -0.0996 e. The van der Waals surface area contributed by atoms with Crippen LogP contribution in [-0.4, -0.2) is 0 Å². The predicted octanol–water partition coefficient (Wildman–Crippen LogP) is 4.31. The van der Waals surface area contributed by atoms with E-state index in [2.05, 4.69) is 13.5 Å². The molecule has 0 N–H and O–H groups in total. The molecule has 0 nitrogen and oxygen atoms in total. The van der Waals surface area contributed by atoms with Gasteiger partial charge in [0.2, 0.25) is 0 Å². The van der Waals surface area contributed by atoms with Crippen molar-refractivity contribution in [2.24, 2.45) is 5.92 Å². The molecular formula is C12H22. The maximum atomic E-state index is 4.13. The van der Waals surface area contributed by atoms with Gasteiger partial charge in [-0.1, -0.05) is 44.8 Å². The third-order valence-corrected chi connectivity index (χ3v) is 2.76. The molecule has 0 aromatic carbocycles. The van der Waals surface area contributed by atoms with Crippen LogP contribution in [0.15, 0.2) is 12.2 Å². The molecule has 70 valence electrons. The molecule has 1 aliphatic carbocycles. The van der Waals surface area contributed by atoms with E-state index in [4.69, 9.17) is 0 Å². The van der Waals surface area contributed by atoms with Gasteiger partial charge in [0.1, 0.15) is 0 Å². The van der Waals surface area contributed by atoms with Crippen LogP contribution in [0.5, 0.6) is 0 Å². The Balaban J connectivity index is 1.84. The first-order valence-electron chi connectivity index (χ1n) is 5.52. The lowest BCUT2D eigenvalue weighted by atomic mass is 10.0. The van der Waals surface area contributed by atoms with Gasteiger partial charge in [-0.2, -0.15) is 0 Å². The summed E-state index contributed by atoms with van der Waals surface area (Å²) in [6.45, 7) is 6.40. The van der Waals surface area contributed by atoms with Crippen molar-refractivity contribution in [1.82, 2.24) is 0 Å². The number of rotatable bonds is 7. The fourth-order valence-corrected chi connectivity index (χ4v) is 1.65. The summed E-state index contributed by atoms with van der Waals surface area (Å²) in [4.78, 5) is 0. The van der Waals surface area contributed by atoms with Gasteiger partial charge >= 0.3 is 0 Å². The fraction of sp³-hybridized carbons (Fsp3) is 0.833. The monoisotopic (exact) mass is 166 g/mol. The molecule has 0 radical (unpaired) electrons. The second-order valence-corrected chi connectivity index (χ2v) is 4.10. The van der Waals surface area contributed by atoms with Crippen LogP contribution in [0.4, 0.5) is 0 Å². The fourth-order valence-electron chi connectivity index (χ4n) is 1.65. The lowest BCUT2D eigenvalue weighted by Gasteiger charge is -2.02. The van der Waals surface area contributed by atoms with Crippen LogP contribution in [0.25, 0.3) is 0 Å². The molecule has 0 atom stereocenters. The molecular weight excluding hydrogens is 144 g/mol. The second kappa shape index (κ2) is 5.40. The van der Waals surface area contributed by atoms with Crippen molar-refractivity contribution in [1.29, 1.82) is 0 Å². The van der Waals surface area contributed by atoms with E-state index in [1.807, 2.05) is 0 Å². The molecule has 0 amide bonds. The third kappa shape index (κ3) is 3.94. The van der Waals surface area contributed by atoms with Crippen molar-refractivity contribution >= 4 is 0 Å². The number of unbranched alkanes of at least 4 members (excludes halogenated alkanes) is 4. The van der Waals surface area contributed by atoms with Gasteiger partial charge in [-0.05, 0) is 31.6 Å². The van der Waals surface area contributed by atoms with Crippen molar-refractivity contribution < 1.29 is 0 Å². The number of hydrogen-bond acceptors (Lipinski definition) is 0. The van der Waals surface area contributed by atoms with E-state index in [0.717, 1.165) is 5.92 Å². The molecule has 0 saturated heterocycles. The van der Waals surface area contributed by atoms with Gasteiger partial charge in [-0.25, -0.2) is 0 Å². The van der Waals surface area contributed by atoms with Gasteiger partial charge < -0.3 is 0 Å². The normalized spacial score (nSPS) is 16.4. The Morgan fingerprint density at radius 3 is 2.42 bits per heavy atom. The van der Waals surface area contributed by atoms with Crippen LogP contribution in [0.3, 0.4) is 0 Å². The Bertz CT molecular complexity index is 131. The first kappa shape index (κ1) is 9.83. The van der Waals surface area contributed by atoms with Crippen molar-refractivity contribution in [3.63, 3.8) is 0 Å². The Morgan fingerprint density at radius 2 is 1.83 bits per heavy atom.